The average Bonchev–Trinajstić information content (AvgIpc) is 3.52. The highest BCUT2D eigenvalue weighted by atomic mass is 16.8. The van der Waals surface area contributed by atoms with Gasteiger partial charge in [0.25, 0.3) is 0 Å². The lowest BCUT2D eigenvalue weighted by Crippen LogP contribution is -2.47. The Morgan fingerprint density at radius 2 is 0.788 bits per heavy atom. The molecule has 1 aliphatic rings. The maximum atomic E-state index is 13.6. The summed E-state index contributed by atoms with van der Waals surface area (Å²) in [5, 5.41) is 0. The summed E-state index contributed by atoms with van der Waals surface area (Å²) in [7, 11) is 0. The minimum absolute atomic E-state index is 0.146. The van der Waals surface area contributed by atoms with Crippen molar-refractivity contribution in [1.82, 2.24) is 0 Å². The van der Waals surface area contributed by atoms with E-state index < -0.39 is 67.2 Å². The summed E-state index contributed by atoms with van der Waals surface area (Å²) < 4.78 is 35.3. The second-order valence-electron chi connectivity index (χ2n) is 11.5. The molecule has 52 heavy (non-hydrogen) atoms. The number of hydrogen-bond acceptors (Lipinski definition) is 11. The fraction of sp³-hybridized carbons (Fsp3) is 0.146. The zero-order chi connectivity index (χ0) is 36.3. The van der Waals surface area contributed by atoms with Gasteiger partial charge in [-0.05, 0) is 60.7 Å². The summed E-state index contributed by atoms with van der Waals surface area (Å²) in [6, 6.07) is 40.1. The number of rotatable bonds is 12. The zero-order valence-corrected chi connectivity index (χ0v) is 27.5. The summed E-state index contributed by atoms with van der Waals surface area (Å²) in [5.41, 5.74) is 0.837. The molecular weight excluding hydrogens is 668 g/mol. The van der Waals surface area contributed by atoms with Crippen molar-refractivity contribution < 1.29 is 52.4 Å². The Labute approximate surface area is 298 Å². The summed E-state index contributed by atoms with van der Waals surface area (Å²) >= 11 is 0. The van der Waals surface area contributed by atoms with Crippen LogP contribution in [0.5, 0.6) is 0 Å². The van der Waals surface area contributed by atoms with E-state index in [9.17, 15) is 24.0 Å². The van der Waals surface area contributed by atoms with E-state index in [1.165, 1.54) is 48.5 Å². The van der Waals surface area contributed by atoms with Crippen molar-refractivity contribution in [3.8, 4) is 0 Å². The van der Waals surface area contributed by atoms with Crippen molar-refractivity contribution in [3.63, 3.8) is 0 Å². The number of ether oxygens (including phenoxy) is 6. The van der Waals surface area contributed by atoms with E-state index in [0.29, 0.717) is 0 Å². The number of carbonyl (C=O) groups excluding carboxylic acids is 5. The molecule has 11 heteroatoms. The normalized spacial score (nSPS) is 18.3. The molecule has 0 saturated carbocycles. The van der Waals surface area contributed by atoms with Crippen LogP contribution < -0.4 is 0 Å². The number of carbonyl (C=O) groups is 5. The van der Waals surface area contributed by atoms with E-state index in [2.05, 4.69) is 0 Å². The number of hydrogen-bond donors (Lipinski definition) is 0. The van der Waals surface area contributed by atoms with E-state index in [-0.39, 0.29) is 27.8 Å². The molecule has 1 heterocycles. The molecule has 0 aliphatic carbocycles. The van der Waals surface area contributed by atoms with E-state index in [0.717, 1.165) is 0 Å². The Hall–Kier alpha value is -6.59. The minimum atomic E-state index is -1.68. The first-order valence-corrected chi connectivity index (χ1v) is 16.3. The molecule has 262 valence electrons. The first-order valence-electron chi connectivity index (χ1n) is 16.3. The van der Waals surface area contributed by atoms with E-state index in [1.54, 1.807) is 103 Å². The lowest BCUT2D eigenvalue weighted by Gasteiger charge is -2.28. The van der Waals surface area contributed by atoms with E-state index in [1.807, 2.05) is 0 Å². The fourth-order valence-corrected chi connectivity index (χ4v) is 5.37. The number of esters is 5. The molecule has 1 saturated heterocycles. The molecule has 0 aromatic heterocycles. The average molecular weight is 701 g/mol. The van der Waals surface area contributed by atoms with Crippen LogP contribution in [-0.4, -0.2) is 67.2 Å². The van der Waals surface area contributed by atoms with Crippen molar-refractivity contribution in [3.05, 3.63) is 179 Å². The molecule has 0 N–H and O–H groups in total. The lowest BCUT2D eigenvalue weighted by atomic mass is 10.0. The smallest absolute Gasteiger partial charge is 0.340 e. The zero-order valence-electron chi connectivity index (χ0n) is 27.5. The van der Waals surface area contributed by atoms with Crippen LogP contribution in [0.4, 0.5) is 0 Å². The Morgan fingerprint density at radius 1 is 0.442 bits per heavy atom. The van der Waals surface area contributed by atoms with Gasteiger partial charge in [-0.2, -0.15) is 0 Å². The molecule has 0 bridgehead atoms. The topological polar surface area (TPSA) is 141 Å². The van der Waals surface area contributed by atoms with Crippen LogP contribution in [0, 0.1) is 0 Å². The molecular formula is C41H32O11. The Balaban J connectivity index is 1.38. The standard InChI is InChI=1S/C41H32O11/c42-36(27-16-6-1-7-17-27)47-26-32(48-37(43)28-18-8-2-9-19-28)33-34(49-38(44)29-20-10-3-11-21-29)35(50-39(45)30-22-12-4-13-23-30)41(51-33)52-40(46)31-24-14-5-15-25-31/h1-25,32-35,41H,26H2/t32-,33-,34-,35-,41-/m0/s1. The van der Waals surface area contributed by atoms with Gasteiger partial charge in [-0.25, -0.2) is 24.0 Å². The highest BCUT2D eigenvalue weighted by molar-refractivity contribution is 5.92. The SMILES string of the molecule is O=C(OC[C@H](OC(=O)c1ccccc1)[C@@H]1O[C@@H](OC(=O)c2ccccc2)[C@@H](OC(=O)c2ccccc2)[C@H]1OC(=O)c1ccccc1)c1ccccc1. The highest BCUT2D eigenvalue weighted by Gasteiger charge is 2.56. The third-order valence-corrected chi connectivity index (χ3v) is 7.97. The molecule has 5 aromatic carbocycles. The monoisotopic (exact) mass is 700 g/mol. The molecule has 1 fully saturated rings. The predicted molar refractivity (Wildman–Crippen MR) is 184 cm³/mol. The van der Waals surface area contributed by atoms with E-state index >= 15 is 0 Å². The minimum Gasteiger partial charge on any atom is -0.458 e. The van der Waals surface area contributed by atoms with Crippen LogP contribution >= 0.6 is 0 Å². The van der Waals surface area contributed by atoms with Crippen LogP contribution in [0.25, 0.3) is 0 Å². The third kappa shape index (κ3) is 8.76. The van der Waals surface area contributed by atoms with Crippen molar-refractivity contribution in [2.45, 2.75) is 30.7 Å². The first kappa shape index (κ1) is 35.2. The highest BCUT2D eigenvalue weighted by Crippen LogP contribution is 2.33. The van der Waals surface area contributed by atoms with Crippen LogP contribution in [0.3, 0.4) is 0 Å². The summed E-state index contributed by atoms with van der Waals surface area (Å²) in [4.78, 5) is 67.0. The molecule has 0 radical (unpaired) electrons. The van der Waals surface area contributed by atoms with Crippen molar-refractivity contribution >= 4 is 29.8 Å². The lowest BCUT2D eigenvalue weighted by molar-refractivity contribution is -0.156. The van der Waals surface area contributed by atoms with Gasteiger partial charge < -0.3 is 28.4 Å². The van der Waals surface area contributed by atoms with Crippen molar-refractivity contribution in [2.75, 3.05) is 6.61 Å². The van der Waals surface area contributed by atoms with Crippen LogP contribution in [0.2, 0.25) is 0 Å². The Morgan fingerprint density at radius 3 is 1.21 bits per heavy atom. The van der Waals surface area contributed by atoms with Gasteiger partial charge in [0, 0.05) is 0 Å². The van der Waals surface area contributed by atoms with Gasteiger partial charge in [0.2, 0.25) is 12.4 Å². The summed E-state index contributed by atoms with van der Waals surface area (Å²) in [6.45, 7) is -0.588. The molecule has 0 spiro atoms. The second-order valence-corrected chi connectivity index (χ2v) is 11.5. The van der Waals surface area contributed by atoms with Crippen molar-refractivity contribution in [2.24, 2.45) is 0 Å². The summed E-state index contributed by atoms with van der Waals surface area (Å²) in [6.07, 6.45) is -7.79. The molecule has 1 aliphatic heterocycles. The maximum Gasteiger partial charge on any atom is 0.340 e. The molecule has 5 atom stereocenters. The maximum absolute atomic E-state index is 13.6. The van der Waals surface area contributed by atoms with Gasteiger partial charge >= 0.3 is 29.8 Å². The molecule has 0 unspecified atom stereocenters. The molecule has 5 aromatic rings. The summed E-state index contributed by atoms with van der Waals surface area (Å²) in [5.74, 6) is -4.08. The van der Waals surface area contributed by atoms with Gasteiger partial charge in [-0.3, -0.25) is 0 Å². The van der Waals surface area contributed by atoms with Crippen LogP contribution in [0.1, 0.15) is 51.8 Å². The van der Waals surface area contributed by atoms with Crippen LogP contribution in [-0.2, 0) is 28.4 Å². The van der Waals surface area contributed by atoms with E-state index in [4.69, 9.17) is 28.4 Å². The van der Waals surface area contributed by atoms with Gasteiger partial charge in [0.15, 0.2) is 12.2 Å². The molecule has 11 nitrogen and oxygen atoms in total. The van der Waals surface area contributed by atoms with Gasteiger partial charge in [-0.15, -0.1) is 0 Å². The molecule has 6 rings (SSSR count). The fourth-order valence-electron chi connectivity index (χ4n) is 5.37. The van der Waals surface area contributed by atoms with Gasteiger partial charge in [0.1, 0.15) is 12.7 Å². The Bertz CT molecular complexity index is 1970. The predicted octanol–water partition coefficient (Wildman–Crippen LogP) is 6.10. The Kier molecular flexibility index (Phi) is 11.4. The van der Waals surface area contributed by atoms with Crippen LogP contribution in [0.15, 0.2) is 152 Å². The first-order chi connectivity index (χ1) is 25.4. The quantitative estimate of drug-likeness (QED) is 0.110. The number of benzene rings is 5. The largest absolute Gasteiger partial charge is 0.458 e. The van der Waals surface area contributed by atoms with Gasteiger partial charge in [0.05, 0.1) is 27.8 Å². The second kappa shape index (κ2) is 16.9. The van der Waals surface area contributed by atoms with Crippen molar-refractivity contribution in [1.29, 1.82) is 0 Å². The third-order valence-electron chi connectivity index (χ3n) is 7.97. The molecule has 0 amide bonds. The van der Waals surface area contributed by atoms with Gasteiger partial charge in [-0.1, -0.05) is 91.0 Å².